The third kappa shape index (κ3) is 3.94. The normalized spacial score (nSPS) is 18.3. The van der Waals surface area contributed by atoms with Gasteiger partial charge in [0, 0.05) is 27.3 Å². The summed E-state index contributed by atoms with van der Waals surface area (Å²) in [6.07, 6.45) is 3.68. The summed E-state index contributed by atoms with van der Waals surface area (Å²) in [4.78, 5) is 14.1. The van der Waals surface area contributed by atoms with Gasteiger partial charge in [-0.3, -0.25) is 4.79 Å². The summed E-state index contributed by atoms with van der Waals surface area (Å²) < 4.78 is 10.0. The van der Waals surface area contributed by atoms with Crippen LogP contribution in [0.2, 0.25) is 0 Å². The van der Waals surface area contributed by atoms with E-state index in [0.29, 0.717) is 26.3 Å². The Kier molecular flexibility index (Phi) is 5.88. The van der Waals surface area contributed by atoms with Crippen molar-refractivity contribution in [2.45, 2.75) is 31.2 Å². The first-order chi connectivity index (χ1) is 8.14. The van der Waals surface area contributed by atoms with Crippen LogP contribution in [0.4, 0.5) is 0 Å². The number of hydrogen-bond donors (Lipinski definition) is 1. The van der Waals surface area contributed by atoms with E-state index in [1.165, 1.54) is 0 Å². The Labute approximate surface area is 103 Å². The molecule has 1 rings (SSSR count). The van der Waals surface area contributed by atoms with E-state index in [9.17, 15) is 4.79 Å². The number of nitrogens with zero attached hydrogens (tertiary/aromatic N) is 1. The van der Waals surface area contributed by atoms with Crippen LogP contribution in [0.15, 0.2) is 0 Å². The molecule has 0 atom stereocenters. The molecule has 0 aromatic heterocycles. The van der Waals surface area contributed by atoms with Crippen LogP contribution in [0.5, 0.6) is 0 Å². The molecular weight excluding hydrogens is 220 g/mol. The topological polar surface area (TPSA) is 64.8 Å². The van der Waals surface area contributed by atoms with Gasteiger partial charge in [0.25, 0.3) is 0 Å². The molecule has 0 aromatic carbocycles. The Morgan fingerprint density at radius 2 is 1.65 bits per heavy atom. The molecule has 0 heterocycles. The first-order valence-electron chi connectivity index (χ1n) is 6.20. The number of nitrogens with two attached hydrogens (primary N) is 1. The van der Waals surface area contributed by atoms with Crippen LogP contribution < -0.4 is 5.73 Å². The average Bonchev–Trinajstić information content (AvgIpc) is 2.77. The van der Waals surface area contributed by atoms with Crippen molar-refractivity contribution in [2.24, 2.45) is 5.73 Å². The molecule has 1 saturated carbocycles. The van der Waals surface area contributed by atoms with Gasteiger partial charge >= 0.3 is 0 Å². The molecule has 1 amide bonds. The van der Waals surface area contributed by atoms with Crippen molar-refractivity contribution in [3.05, 3.63) is 0 Å². The summed E-state index contributed by atoms with van der Waals surface area (Å²) in [7, 11) is 3.26. The van der Waals surface area contributed by atoms with Crippen molar-refractivity contribution < 1.29 is 14.3 Å². The highest BCUT2D eigenvalue weighted by molar-refractivity contribution is 5.86. The summed E-state index contributed by atoms with van der Waals surface area (Å²) >= 11 is 0. The van der Waals surface area contributed by atoms with Crippen LogP contribution in [0.1, 0.15) is 25.7 Å². The van der Waals surface area contributed by atoms with E-state index in [2.05, 4.69) is 0 Å². The van der Waals surface area contributed by atoms with Crippen LogP contribution in [0, 0.1) is 0 Å². The molecule has 1 aliphatic carbocycles. The summed E-state index contributed by atoms with van der Waals surface area (Å²) in [5.74, 6) is 0.0455. The second-order valence-corrected chi connectivity index (χ2v) is 4.64. The summed E-state index contributed by atoms with van der Waals surface area (Å²) in [5, 5.41) is 0. The minimum absolute atomic E-state index is 0.0455. The molecule has 0 spiro atoms. The van der Waals surface area contributed by atoms with Crippen molar-refractivity contribution in [1.29, 1.82) is 0 Å². The lowest BCUT2D eigenvalue weighted by Gasteiger charge is -2.31. The van der Waals surface area contributed by atoms with Crippen molar-refractivity contribution in [2.75, 3.05) is 40.5 Å². The average molecular weight is 244 g/mol. The molecule has 0 aliphatic heterocycles. The quantitative estimate of drug-likeness (QED) is 0.703. The van der Waals surface area contributed by atoms with E-state index in [1.807, 2.05) is 0 Å². The Morgan fingerprint density at radius 3 is 2.06 bits per heavy atom. The molecule has 17 heavy (non-hydrogen) atoms. The fraction of sp³-hybridized carbons (Fsp3) is 0.917. The Hall–Kier alpha value is -0.650. The van der Waals surface area contributed by atoms with Gasteiger partial charge < -0.3 is 20.1 Å². The van der Waals surface area contributed by atoms with Gasteiger partial charge in [0.1, 0.15) is 0 Å². The fourth-order valence-corrected chi connectivity index (χ4v) is 2.25. The number of amides is 1. The van der Waals surface area contributed by atoms with Crippen LogP contribution in [0.3, 0.4) is 0 Å². The van der Waals surface area contributed by atoms with Gasteiger partial charge in [-0.25, -0.2) is 0 Å². The lowest BCUT2D eigenvalue weighted by molar-refractivity contribution is -0.138. The highest BCUT2D eigenvalue weighted by atomic mass is 16.5. The van der Waals surface area contributed by atoms with Gasteiger partial charge in [-0.1, -0.05) is 12.8 Å². The molecule has 5 nitrogen and oxygen atoms in total. The molecule has 1 fully saturated rings. The van der Waals surface area contributed by atoms with E-state index < -0.39 is 5.54 Å². The third-order valence-corrected chi connectivity index (χ3v) is 3.34. The highest BCUT2D eigenvalue weighted by Gasteiger charge is 2.39. The van der Waals surface area contributed by atoms with E-state index in [4.69, 9.17) is 15.2 Å². The summed E-state index contributed by atoms with van der Waals surface area (Å²) in [5.41, 5.74) is 5.52. The number of ether oxygens (including phenoxy) is 2. The minimum Gasteiger partial charge on any atom is -0.383 e. The molecule has 0 saturated heterocycles. The zero-order valence-electron chi connectivity index (χ0n) is 10.9. The number of rotatable bonds is 7. The monoisotopic (exact) mass is 244 g/mol. The number of hydrogen-bond acceptors (Lipinski definition) is 4. The molecule has 100 valence electrons. The standard InChI is InChI=1S/C12H24N2O3/c1-16-9-7-14(8-10-17-2)11(15)12(13)5-3-4-6-12/h3-10,13H2,1-2H3. The Morgan fingerprint density at radius 1 is 1.18 bits per heavy atom. The molecule has 1 aliphatic rings. The van der Waals surface area contributed by atoms with Crippen LogP contribution >= 0.6 is 0 Å². The van der Waals surface area contributed by atoms with Gasteiger partial charge in [0.05, 0.1) is 18.8 Å². The predicted octanol–water partition coefficient (Wildman–Crippen LogP) is 0.379. The number of methoxy groups -OCH3 is 2. The lowest BCUT2D eigenvalue weighted by atomic mass is 9.97. The number of carbonyl (C=O) groups excluding carboxylic acids is 1. The second-order valence-electron chi connectivity index (χ2n) is 4.64. The van der Waals surface area contributed by atoms with Gasteiger partial charge in [-0.05, 0) is 12.8 Å². The minimum atomic E-state index is -0.651. The highest BCUT2D eigenvalue weighted by Crippen LogP contribution is 2.28. The maximum atomic E-state index is 12.4. The molecule has 0 bridgehead atoms. The van der Waals surface area contributed by atoms with Gasteiger partial charge in [0.15, 0.2) is 0 Å². The van der Waals surface area contributed by atoms with E-state index in [0.717, 1.165) is 25.7 Å². The van der Waals surface area contributed by atoms with E-state index in [-0.39, 0.29) is 5.91 Å². The first kappa shape index (κ1) is 14.4. The van der Waals surface area contributed by atoms with Crippen molar-refractivity contribution >= 4 is 5.91 Å². The zero-order valence-corrected chi connectivity index (χ0v) is 10.9. The number of carbonyl (C=O) groups is 1. The third-order valence-electron chi connectivity index (χ3n) is 3.34. The van der Waals surface area contributed by atoms with Gasteiger partial charge in [-0.15, -0.1) is 0 Å². The Bertz CT molecular complexity index is 232. The molecule has 5 heteroatoms. The van der Waals surface area contributed by atoms with Crippen molar-refractivity contribution in [3.63, 3.8) is 0 Å². The van der Waals surface area contributed by atoms with Gasteiger partial charge in [-0.2, -0.15) is 0 Å². The zero-order chi connectivity index (χ0) is 12.7. The lowest BCUT2D eigenvalue weighted by Crippen LogP contribution is -2.54. The first-order valence-corrected chi connectivity index (χ1v) is 6.20. The largest absolute Gasteiger partial charge is 0.383 e. The fourth-order valence-electron chi connectivity index (χ4n) is 2.25. The van der Waals surface area contributed by atoms with Crippen LogP contribution in [-0.2, 0) is 14.3 Å². The van der Waals surface area contributed by atoms with Crippen molar-refractivity contribution in [1.82, 2.24) is 4.90 Å². The summed E-state index contributed by atoms with van der Waals surface area (Å²) in [6, 6.07) is 0. The SMILES string of the molecule is COCCN(CCOC)C(=O)C1(N)CCCC1. The maximum absolute atomic E-state index is 12.4. The Balaban J connectivity index is 2.57. The maximum Gasteiger partial charge on any atom is 0.242 e. The van der Waals surface area contributed by atoms with Crippen LogP contribution in [-0.4, -0.2) is 56.9 Å². The molecule has 0 aromatic rings. The molecule has 2 N–H and O–H groups in total. The van der Waals surface area contributed by atoms with Crippen LogP contribution in [0.25, 0.3) is 0 Å². The summed E-state index contributed by atoms with van der Waals surface area (Å²) in [6.45, 7) is 2.23. The van der Waals surface area contributed by atoms with Gasteiger partial charge in [0.2, 0.25) is 5.91 Å². The second kappa shape index (κ2) is 6.93. The molecular formula is C12H24N2O3. The molecule has 0 radical (unpaired) electrons. The van der Waals surface area contributed by atoms with Crippen molar-refractivity contribution in [3.8, 4) is 0 Å². The predicted molar refractivity (Wildman–Crippen MR) is 65.7 cm³/mol. The van der Waals surface area contributed by atoms with E-state index >= 15 is 0 Å². The van der Waals surface area contributed by atoms with E-state index in [1.54, 1.807) is 19.1 Å². The molecule has 0 unspecified atom stereocenters. The smallest absolute Gasteiger partial charge is 0.242 e.